The van der Waals surface area contributed by atoms with Gasteiger partial charge in [0.15, 0.2) is 5.82 Å². The van der Waals surface area contributed by atoms with Gasteiger partial charge < -0.3 is 11.1 Å². The molecule has 6 heteroatoms. The van der Waals surface area contributed by atoms with Gasteiger partial charge in [0.05, 0.1) is 16.4 Å². The first-order valence-electron chi connectivity index (χ1n) is 5.94. The molecule has 0 fully saturated rings. The Morgan fingerprint density at radius 2 is 2.11 bits per heavy atom. The zero-order chi connectivity index (χ0) is 14.2. The molecule has 0 atom stereocenters. The van der Waals surface area contributed by atoms with Crippen LogP contribution >= 0.6 is 11.6 Å². The fourth-order valence-corrected chi connectivity index (χ4v) is 2.03. The predicted molar refractivity (Wildman–Crippen MR) is 76.4 cm³/mol. The van der Waals surface area contributed by atoms with Crippen molar-refractivity contribution in [1.29, 1.82) is 0 Å². The van der Waals surface area contributed by atoms with Crippen molar-refractivity contribution in [3.8, 4) is 0 Å². The van der Waals surface area contributed by atoms with E-state index in [1.807, 2.05) is 13.8 Å². The fourth-order valence-electron chi connectivity index (χ4n) is 1.85. The standard InChI is InChI=1S/C13H16ClFN4/c1-7(2)12-11(16)13(19(3)18-12)17-8-4-5-10(15)9(14)6-8/h4-7,17H,16H2,1-3H3. The Kier molecular flexibility index (Phi) is 3.66. The number of nitrogens with two attached hydrogens (primary N) is 1. The maximum Gasteiger partial charge on any atom is 0.152 e. The van der Waals surface area contributed by atoms with Gasteiger partial charge in [0, 0.05) is 12.7 Å². The summed E-state index contributed by atoms with van der Waals surface area (Å²) in [5.74, 6) is 0.456. The lowest BCUT2D eigenvalue weighted by molar-refractivity contribution is 0.628. The number of nitrogens with one attached hydrogen (secondary N) is 1. The Morgan fingerprint density at radius 3 is 2.63 bits per heavy atom. The Balaban J connectivity index is 2.35. The number of nitrogen functional groups attached to an aromatic ring is 1. The lowest BCUT2D eigenvalue weighted by Gasteiger charge is -2.08. The van der Waals surface area contributed by atoms with Crippen LogP contribution in [-0.4, -0.2) is 9.78 Å². The number of halogens is 2. The number of aryl methyl sites for hydroxylation is 1. The van der Waals surface area contributed by atoms with Crippen molar-refractivity contribution in [2.45, 2.75) is 19.8 Å². The number of anilines is 3. The van der Waals surface area contributed by atoms with Crippen LogP contribution in [0.4, 0.5) is 21.6 Å². The summed E-state index contributed by atoms with van der Waals surface area (Å²) < 4.78 is 14.8. The van der Waals surface area contributed by atoms with E-state index in [9.17, 15) is 4.39 Å². The summed E-state index contributed by atoms with van der Waals surface area (Å²) in [6.45, 7) is 4.05. The molecule has 0 unspecified atom stereocenters. The van der Waals surface area contributed by atoms with Gasteiger partial charge in [-0.2, -0.15) is 5.10 Å². The quantitative estimate of drug-likeness (QED) is 0.903. The number of aromatic nitrogens is 2. The first-order valence-corrected chi connectivity index (χ1v) is 6.32. The molecule has 0 saturated heterocycles. The molecule has 1 heterocycles. The second-order valence-electron chi connectivity index (χ2n) is 4.68. The lowest BCUT2D eigenvalue weighted by atomic mass is 10.1. The Labute approximate surface area is 116 Å². The number of rotatable bonds is 3. The van der Waals surface area contributed by atoms with Gasteiger partial charge in [-0.15, -0.1) is 0 Å². The van der Waals surface area contributed by atoms with E-state index < -0.39 is 5.82 Å². The third-order valence-electron chi connectivity index (χ3n) is 2.84. The van der Waals surface area contributed by atoms with Crippen LogP contribution in [0.25, 0.3) is 0 Å². The number of benzene rings is 1. The largest absolute Gasteiger partial charge is 0.394 e. The Bertz CT molecular complexity index is 607. The molecule has 0 bridgehead atoms. The smallest absolute Gasteiger partial charge is 0.152 e. The van der Waals surface area contributed by atoms with Gasteiger partial charge in [0.2, 0.25) is 0 Å². The van der Waals surface area contributed by atoms with E-state index in [0.717, 1.165) is 5.69 Å². The summed E-state index contributed by atoms with van der Waals surface area (Å²) in [7, 11) is 1.80. The van der Waals surface area contributed by atoms with Crippen molar-refractivity contribution in [2.24, 2.45) is 7.05 Å². The van der Waals surface area contributed by atoms with E-state index in [-0.39, 0.29) is 10.9 Å². The second kappa shape index (κ2) is 5.09. The average molecular weight is 283 g/mol. The van der Waals surface area contributed by atoms with Gasteiger partial charge in [-0.1, -0.05) is 25.4 Å². The lowest BCUT2D eigenvalue weighted by Crippen LogP contribution is -2.01. The van der Waals surface area contributed by atoms with Crippen molar-refractivity contribution < 1.29 is 4.39 Å². The van der Waals surface area contributed by atoms with Crippen molar-refractivity contribution in [1.82, 2.24) is 9.78 Å². The molecule has 3 N–H and O–H groups in total. The number of hydrogen-bond acceptors (Lipinski definition) is 3. The van der Waals surface area contributed by atoms with Crippen LogP contribution in [0.15, 0.2) is 18.2 Å². The minimum atomic E-state index is -0.451. The van der Waals surface area contributed by atoms with Crippen molar-refractivity contribution in [3.05, 3.63) is 34.7 Å². The predicted octanol–water partition coefficient (Wildman–Crippen LogP) is 3.66. The van der Waals surface area contributed by atoms with Gasteiger partial charge in [0.25, 0.3) is 0 Å². The van der Waals surface area contributed by atoms with Gasteiger partial charge in [-0.3, -0.25) is 4.68 Å². The number of nitrogens with zero attached hydrogens (tertiary/aromatic N) is 2. The molecule has 1 aromatic carbocycles. The van der Waals surface area contributed by atoms with Crippen molar-refractivity contribution >= 4 is 28.8 Å². The maximum absolute atomic E-state index is 13.1. The van der Waals surface area contributed by atoms with Crippen LogP contribution in [0.1, 0.15) is 25.5 Å². The highest BCUT2D eigenvalue weighted by atomic mass is 35.5. The molecular weight excluding hydrogens is 267 g/mol. The van der Waals surface area contributed by atoms with Crippen LogP contribution in [0.2, 0.25) is 5.02 Å². The summed E-state index contributed by atoms with van der Waals surface area (Å²) in [5.41, 5.74) is 8.16. The minimum absolute atomic E-state index is 0.0647. The summed E-state index contributed by atoms with van der Waals surface area (Å²) in [6, 6.07) is 4.42. The monoisotopic (exact) mass is 282 g/mol. The molecule has 19 heavy (non-hydrogen) atoms. The van der Waals surface area contributed by atoms with E-state index >= 15 is 0 Å². The van der Waals surface area contributed by atoms with Gasteiger partial charge in [-0.05, 0) is 24.1 Å². The molecule has 1 aromatic heterocycles. The van der Waals surface area contributed by atoms with E-state index in [4.69, 9.17) is 17.3 Å². The Hall–Kier alpha value is -1.75. The van der Waals surface area contributed by atoms with Crippen molar-refractivity contribution in [2.75, 3.05) is 11.1 Å². The zero-order valence-corrected chi connectivity index (χ0v) is 11.8. The highest BCUT2D eigenvalue weighted by molar-refractivity contribution is 6.31. The molecule has 0 saturated carbocycles. The van der Waals surface area contributed by atoms with E-state index in [1.165, 1.54) is 12.1 Å². The van der Waals surface area contributed by atoms with Gasteiger partial charge in [-0.25, -0.2) is 4.39 Å². The zero-order valence-electron chi connectivity index (χ0n) is 11.0. The summed E-state index contributed by atoms with van der Waals surface area (Å²) >= 11 is 5.75. The van der Waals surface area contributed by atoms with Crippen LogP contribution in [0.3, 0.4) is 0 Å². The molecule has 0 radical (unpaired) electrons. The SMILES string of the molecule is CC(C)c1nn(C)c(Nc2ccc(F)c(Cl)c2)c1N. The molecule has 0 aliphatic carbocycles. The Morgan fingerprint density at radius 1 is 1.42 bits per heavy atom. The van der Waals surface area contributed by atoms with Crippen molar-refractivity contribution in [3.63, 3.8) is 0 Å². The molecule has 0 amide bonds. The molecule has 2 aromatic rings. The fraction of sp³-hybridized carbons (Fsp3) is 0.308. The molecular formula is C13H16ClFN4. The first kappa shape index (κ1) is 13.7. The topological polar surface area (TPSA) is 55.9 Å². The second-order valence-corrected chi connectivity index (χ2v) is 5.09. The number of hydrogen-bond donors (Lipinski definition) is 2. The summed E-state index contributed by atoms with van der Waals surface area (Å²) in [6.07, 6.45) is 0. The third-order valence-corrected chi connectivity index (χ3v) is 3.13. The summed E-state index contributed by atoms with van der Waals surface area (Å²) in [5, 5.41) is 7.54. The van der Waals surface area contributed by atoms with Gasteiger partial charge >= 0.3 is 0 Å². The highest BCUT2D eigenvalue weighted by Gasteiger charge is 2.16. The van der Waals surface area contributed by atoms with Crippen LogP contribution in [0.5, 0.6) is 0 Å². The van der Waals surface area contributed by atoms with Gasteiger partial charge in [0.1, 0.15) is 5.82 Å². The molecule has 0 aliphatic heterocycles. The third kappa shape index (κ3) is 2.66. The first-order chi connectivity index (χ1) is 8.90. The highest BCUT2D eigenvalue weighted by Crippen LogP contribution is 2.31. The average Bonchev–Trinajstić information content (AvgIpc) is 2.62. The van der Waals surface area contributed by atoms with Crippen LogP contribution in [0, 0.1) is 5.82 Å². The van der Waals surface area contributed by atoms with E-state index in [1.54, 1.807) is 17.8 Å². The molecule has 0 aliphatic rings. The molecule has 0 spiro atoms. The maximum atomic E-state index is 13.1. The molecule has 2 rings (SSSR count). The normalized spacial score (nSPS) is 11.1. The van der Waals surface area contributed by atoms with E-state index in [2.05, 4.69) is 10.4 Å². The molecule has 102 valence electrons. The summed E-state index contributed by atoms with van der Waals surface area (Å²) in [4.78, 5) is 0. The van der Waals surface area contributed by atoms with Crippen LogP contribution < -0.4 is 11.1 Å². The molecule has 4 nitrogen and oxygen atoms in total. The minimum Gasteiger partial charge on any atom is -0.394 e. The van der Waals surface area contributed by atoms with Crippen LogP contribution in [-0.2, 0) is 7.05 Å². The van der Waals surface area contributed by atoms with E-state index in [0.29, 0.717) is 17.2 Å².